The number of fused-ring (bicyclic) bond motifs is 1. The Labute approximate surface area is 113 Å². The standard InChI is InChI=1S/C15H17N3O/c1-11(17-9-5-8-16)14-10-18-15(19-2)13-7-4-3-6-12(13)14/h3-4,6-7,10-11,17H,5,9H2,1-2H3. The minimum Gasteiger partial charge on any atom is -0.481 e. The van der Waals surface area contributed by atoms with Crippen LogP contribution in [-0.2, 0) is 0 Å². The summed E-state index contributed by atoms with van der Waals surface area (Å²) in [6.45, 7) is 2.76. The molecule has 1 atom stereocenters. The highest BCUT2D eigenvalue weighted by Crippen LogP contribution is 2.29. The Bertz CT molecular complexity index is 604. The number of hydrogen-bond donors (Lipinski definition) is 1. The number of methoxy groups -OCH3 is 1. The lowest BCUT2D eigenvalue weighted by atomic mass is 10.0. The lowest BCUT2D eigenvalue weighted by molar-refractivity contribution is 0.403. The molecule has 1 heterocycles. The van der Waals surface area contributed by atoms with Gasteiger partial charge in [-0.25, -0.2) is 4.98 Å². The Morgan fingerprint density at radius 1 is 1.37 bits per heavy atom. The van der Waals surface area contributed by atoms with Crippen LogP contribution >= 0.6 is 0 Å². The zero-order chi connectivity index (χ0) is 13.7. The minimum absolute atomic E-state index is 0.150. The number of nitrogens with zero attached hydrogens (tertiary/aromatic N) is 2. The predicted molar refractivity (Wildman–Crippen MR) is 74.9 cm³/mol. The van der Waals surface area contributed by atoms with Crippen molar-refractivity contribution in [2.24, 2.45) is 0 Å². The largest absolute Gasteiger partial charge is 0.481 e. The van der Waals surface area contributed by atoms with Crippen LogP contribution in [0.3, 0.4) is 0 Å². The molecule has 4 nitrogen and oxygen atoms in total. The Hall–Kier alpha value is -2.12. The monoisotopic (exact) mass is 255 g/mol. The van der Waals surface area contributed by atoms with Gasteiger partial charge in [0.05, 0.1) is 13.2 Å². The van der Waals surface area contributed by atoms with Crippen LogP contribution in [-0.4, -0.2) is 18.6 Å². The quantitative estimate of drug-likeness (QED) is 0.835. The van der Waals surface area contributed by atoms with Gasteiger partial charge in [-0.15, -0.1) is 0 Å². The molecule has 0 amide bonds. The number of aromatic nitrogens is 1. The fraction of sp³-hybridized carbons (Fsp3) is 0.333. The van der Waals surface area contributed by atoms with Crippen molar-refractivity contribution in [1.29, 1.82) is 5.26 Å². The van der Waals surface area contributed by atoms with Crippen molar-refractivity contribution in [3.05, 3.63) is 36.0 Å². The molecular weight excluding hydrogens is 238 g/mol. The first-order valence-corrected chi connectivity index (χ1v) is 6.30. The molecule has 0 saturated heterocycles. The summed E-state index contributed by atoms with van der Waals surface area (Å²) >= 11 is 0. The molecule has 0 radical (unpaired) electrons. The van der Waals surface area contributed by atoms with Crippen LogP contribution in [0.5, 0.6) is 5.88 Å². The van der Waals surface area contributed by atoms with E-state index in [4.69, 9.17) is 10.00 Å². The Morgan fingerprint density at radius 2 is 2.11 bits per heavy atom. The number of nitriles is 1. The molecule has 0 aliphatic heterocycles. The summed E-state index contributed by atoms with van der Waals surface area (Å²) in [5.41, 5.74) is 1.12. The predicted octanol–water partition coefficient (Wildman–Crippen LogP) is 2.81. The Balaban J connectivity index is 2.36. The van der Waals surface area contributed by atoms with E-state index in [-0.39, 0.29) is 6.04 Å². The Morgan fingerprint density at radius 3 is 2.79 bits per heavy atom. The maximum absolute atomic E-state index is 8.57. The number of pyridine rings is 1. The highest BCUT2D eigenvalue weighted by molar-refractivity contribution is 5.89. The molecule has 98 valence electrons. The number of nitrogens with one attached hydrogen (secondary N) is 1. The third-order valence-corrected chi connectivity index (χ3v) is 3.14. The normalized spacial score (nSPS) is 12.1. The first-order chi connectivity index (χ1) is 9.27. The SMILES string of the molecule is COc1ncc(C(C)NCCC#N)c2ccccc12. The molecule has 0 fully saturated rings. The second-order valence-electron chi connectivity index (χ2n) is 4.35. The molecule has 0 aliphatic carbocycles. The van der Waals surface area contributed by atoms with Crippen molar-refractivity contribution >= 4 is 10.8 Å². The summed E-state index contributed by atoms with van der Waals surface area (Å²) in [6.07, 6.45) is 2.34. The van der Waals surface area contributed by atoms with Crippen molar-refractivity contribution in [2.45, 2.75) is 19.4 Å². The summed E-state index contributed by atoms with van der Waals surface area (Å²) in [7, 11) is 1.63. The molecular formula is C15H17N3O. The minimum atomic E-state index is 0.150. The van der Waals surface area contributed by atoms with Gasteiger partial charge in [0, 0.05) is 30.6 Å². The van der Waals surface area contributed by atoms with E-state index in [1.165, 1.54) is 0 Å². The van der Waals surface area contributed by atoms with Crippen molar-refractivity contribution in [3.8, 4) is 11.9 Å². The molecule has 4 heteroatoms. The van der Waals surface area contributed by atoms with Crippen molar-refractivity contribution in [1.82, 2.24) is 10.3 Å². The van der Waals surface area contributed by atoms with Crippen molar-refractivity contribution < 1.29 is 4.74 Å². The van der Waals surface area contributed by atoms with Gasteiger partial charge in [-0.05, 0) is 23.9 Å². The first-order valence-electron chi connectivity index (χ1n) is 6.30. The lowest BCUT2D eigenvalue weighted by Gasteiger charge is -2.16. The summed E-state index contributed by atoms with van der Waals surface area (Å²) < 4.78 is 5.29. The molecule has 0 aliphatic rings. The molecule has 0 bridgehead atoms. The topological polar surface area (TPSA) is 57.9 Å². The molecule has 0 saturated carbocycles. The average molecular weight is 255 g/mol. The molecule has 2 aromatic rings. The third kappa shape index (κ3) is 2.83. The molecule has 2 rings (SSSR count). The van der Waals surface area contributed by atoms with E-state index in [1.54, 1.807) is 7.11 Å². The van der Waals surface area contributed by atoms with Gasteiger partial charge in [-0.1, -0.05) is 18.2 Å². The maximum Gasteiger partial charge on any atom is 0.221 e. The zero-order valence-corrected chi connectivity index (χ0v) is 11.2. The fourth-order valence-electron chi connectivity index (χ4n) is 2.15. The fourth-order valence-corrected chi connectivity index (χ4v) is 2.15. The zero-order valence-electron chi connectivity index (χ0n) is 11.2. The van der Waals surface area contributed by atoms with E-state index < -0.39 is 0 Å². The smallest absolute Gasteiger partial charge is 0.221 e. The van der Waals surface area contributed by atoms with Crippen molar-refractivity contribution in [2.75, 3.05) is 13.7 Å². The second kappa shape index (κ2) is 6.17. The van der Waals surface area contributed by atoms with Crippen LogP contribution in [0.25, 0.3) is 10.8 Å². The number of ether oxygens (including phenoxy) is 1. The summed E-state index contributed by atoms with van der Waals surface area (Å²) in [5, 5.41) is 14.0. The van der Waals surface area contributed by atoms with E-state index in [0.29, 0.717) is 18.8 Å². The molecule has 1 unspecified atom stereocenters. The second-order valence-corrected chi connectivity index (χ2v) is 4.35. The van der Waals surface area contributed by atoms with E-state index >= 15 is 0 Å². The molecule has 0 spiro atoms. The van der Waals surface area contributed by atoms with Crippen LogP contribution in [0.1, 0.15) is 24.9 Å². The van der Waals surface area contributed by atoms with Crippen LogP contribution < -0.4 is 10.1 Å². The van der Waals surface area contributed by atoms with Crippen LogP contribution in [0.4, 0.5) is 0 Å². The average Bonchev–Trinajstić information content (AvgIpc) is 2.46. The summed E-state index contributed by atoms with van der Waals surface area (Å²) in [5.74, 6) is 0.642. The first kappa shape index (κ1) is 13.3. The van der Waals surface area contributed by atoms with Crippen LogP contribution in [0, 0.1) is 11.3 Å². The van der Waals surface area contributed by atoms with Crippen molar-refractivity contribution in [3.63, 3.8) is 0 Å². The number of rotatable bonds is 5. The van der Waals surface area contributed by atoms with E-state index in [9.17, 15) is 0 Å². The molecule has 1 aromatic carbocycles. The van der Waals surface area contributed by atoms with E-state index in [2.05, 4.69) is 29.4 Å². The Kier molecular flexibility index (Phi) is 4.32. The maximum atomic E-state index is 8.57. The van der Waals surface area contributed by atoms with Gasteiger partial charge in [0.1, 0.15) is 0 Å². The molecule has 19 heavy (non-hydrogen) atoms. The van der Waals surface area contributed by atoms with E-state index in [0.717, 1.165) is 16.3 Å². The number of benzene rings is 1. The van der Waals surface area contributed by atoms with Gasteiger partial charge in [0.25, 0.3) is 0 Å². The highest BCUT2D eigenvalue weighted by atomic mass is 16.5. The summed E-state index contributed by atoms with van der Waals surface area (Å²) in [6, 6.07) is 10.3. The third-order valence-electron chi connectivity index (χ3n) is 3.14. The van der Waals surface area contributed by atoms with Crippen LogP contribution in [0.15, 0.2) is 30.5 Å². The molecule has 1 aromatic heterocycles. The number of hydrogen-bond acceptors (Lipinski definition) is 4. The van der Waals surface area contributed by atoms with Gasteiger partial charge in [-0.3, -0.25) is 0 Å². The van der Waals surface area contributed by atoms with Crippen LogP contribution in [0.2, 0.25) is 0 Å². The van der Waals surface area contributed by atoms with Gasteiger partial charge in [0.2, 0.25) is 5.88 Å². The van der Waals surface area contributed by atoms with Gasteiger partial charge >= 0.3 is 0 Å². The van der Waals surface area contributed by atoms with Gasteiger partial charge in [0.15, 0.2) is 0 Å². The summed E-state index contributed by atoms with van der Waals surface area (Å²) in [4.78, 5) is 4.35. The lowest BCUT2D eigenvalue weighted by Crippen LogP contribution is -2.20. The van der Waals surface area contributed by atoms with Gasteiger partial charge < -0.3 is 10.1 Å². The highest BCUT2D eigenvalue weighted by Gasteiger charge is 2.12. The van der Waals surface area contributed by atoms with Gasteiger partial charge in [-0.2, -0.15) is 5.26 Å². The molecule has 1 N–H and O–H groups in total. The van der Waals surface area contributed by atoms with E-state index in [1.807, 2.05) is 24.4 Å².